The molecule has 1 fully saturated rings. The standard InChI is InChI=1S/C14H21BrN2O/c1-17-10-11(15)9-13(17)14(18)16-12-7-5-3-2-4-6-8-12/h9-10,12H,2-8H2,1H3,(H,16,18). The molecule has 1 heterocycles. The highest BCUT2D eigenvalue weighted by Crippen LogP contribution is 2.18. The Morgan fingerprint density at radius 3 is 2.44 bits per heavy atom. The highest BCUT2D eigenvalue weighted by atomic mass is 79.9. The Balaban J connectivity index is 1.95. The van der Waals surface area contributed by atoms with Gasteiger partial charge in [0.1, 0.15) is 5.69 Å². The normalized spacial score (nSPS) is 18.1. The first kappa shape index (κ1) is 13.7. The number of rotatable bonds is 2. The lowest BCUT2D eigenvalue weighted by molar-refractivity contribution is 0.0922. The van der Waals surface area contributed by atoms with Crippen LogP contribution in [-0.4, -0.2) is 16.5 Å². The molecule has 1 aliphatic carbocycles. The fourth-order valence-corrected chi connectivity index (χ4v) is 3.13. The second kappa shape index (κ2) is 6.41. The molecule has 0 atom stereocenters. The van der Waals surface area contributed by atoms with Crippen molar-refractivity contribution in [1.29, 1.82) is 0 Å². The molecule has 1 amide bonds. The molecule has 100 valence electrons. The van der Waals surface area contributed by atoms with Crippen molar-refractivity contribution < 1.29 is 4.79 Å². The van der Waals surface area contributed by atoms with E-state index in [0.29, 0.717) is 6.04 Å². The van der Waals surface area contributed by atoms with Crippen LogP contribution in [0, 0.1) is 0 Å². The average Bonchev–Trinajstić information content (AvgIpc) is 2.61. The molecule has 3 nitrogen and oxygen atoms in total. The van der Waals surface area contributed by atoms with Gasteiger partial charge in [0, 0.05) is 23.8 Å². The lowest BCUT2D eigenvalue weighted by Gasteiger charge is -2.21. The molecular weight excluding hydrogens is 292 g/mol. The lowest BCUT2D eigenvalue weighted by atomic mass is 9.96. The number of amides is 1. The van der Waals surface area contributed by atoms with E-state index in [0.717, 1.165) is 23.0 Å². The lowest BCUT2D eigenvalue weighted by Crippen LogP contribution is -2.36. The van der Waals surface area contributed by atoms with Crippen LogP contribution in [0.4, 0.5) is 0 Å². The molecule has 1 N–H and O–H groups in total. The van der Waals surface area contributed by atoms with E-state index in [1.54, 1.807) is 0 Å². The zero-order valence-electron chi connectivity index (χ0n) is 10.9. The predicted molar refractivity (Wildman–Crippen MR) is 76.7 cm³/mol. The van der Waals surface area contributed by atoms with Crippen LogP contribution in [0.5, 0.6) is 0 Å². The second-order valence-corrected chi connectivity index (χ2v) is 6.09. The minimum absolute atomic E-state index is 0.0498. The molecular formula is C14H21BrN2O. The minimum atomic E-state index is 0.0498. The molecule has 0 aliphatic heterocycles. The first-order valence-electron chi connectivity index (χ1n) is 6.79. The topological polar surface area (TPSA) is 34.0 Å². The summed E-state index contributed by atoms with van der Waals surface area (Å²) >= 11 is 3.40. The third-order valence-electron chi connectivity index (χ3n) is 3.64. The van der Waals surface area contributed by atoms with Gasteiger partial charge in [-0.05, 0) is 34.8 Å². The molecule has 0 bridgehead atoms. The van der Waals surface area contributed by atoms with Crippen LogP contribution in [-0.2, 0) is 7.05 Å². The van der Waals surface area contributed by atoms with Gasteiger partial charge >= 0.3 is 0 Å². The second-order valence-electron chi connectivity index (χ2n) is 5.17. The average molecular weight is 313 g/mol. The first-order valence-corrected chi connectivity index (χ1v) is 7.59. The number of aromatic nitrogens is 1. The third-order valence-corrected chi connectivity index (χ3v) is 4.08. The SMILES string of the molecule is Cn1cc(Br)cc1C(=O)NC1CCCCCCC1. The zero-order chi connectivity index (χ0) is 13.0. The zero-order valence-corrected chi connectivity index (χ0v) is 12.5. The Kier molecular flexibility index (Phi) is 4.87. The van der Waals surface area contributed by atoms with Crippen molar-refractivity contribution in [2.45, 2.75) is 51.0 Å². The Hall–Kier alpha value is -0.770. The van der Waals surface area contributed by atoms with Crippen LogP contribution in [0.15, 0.2) is 16.7 Å². The van der Waals surface area contributed by atoms with Crippen LogP contribution in [0.2, 0.25) is 0 Å². The Labute approximate surface area is 117 Å². The number of hydrogen-bond donors (Lipinski definition) is 1. The molecule has 0 unspecified atom stereocenters. The van der Waals surface area contributed by atoms with Crippen LogP contribution < -0.4 is 5.32 Å². The van der Waals surface area contributed by atoms with Gasteiger partial charge in [-0.2, -0.15) is 0 Å². The summed E-state index contributed by atoms with van der Waals surface area (Å²) in [6, 6.07) is 2.23. The minimum Gasteiger partial charge on any atom is -0.348 e. The summed E-state index contributed by atoms with van der Waals surface area (Å²) in [7, 11) is 1.90. The van der Waals surface area contributed by atoms with Crippen molar-refractivity contribution in [2.75, 3.05) is 0 Å². The number of nitrogens with zero attached hydrogens (tertiary/aromatic N) is 1. The fourth-order valence-electron chi connectivity index (χ4n) is 2.61. The Morgan fingerprint density at radius 2 is 1.89 bits per heavy atom. The third kappa shape index (κ3) is 3.61. The van der Waals surface area contributed by atoms with Crippen molar-refractivity contribution in [1.82, 2.24) is 9.88 Å². The predicted octanol–water partition coefficient (Wildman–Crippen LogP) is 3.63. The number of nitrogens with one attached hydrogen (secondary N) is 1. The van der Waals surface area contributed by atoms with Crippen LogP contribution in [0.3, 0.4) is 0 Å². The van der Waals surface area contributed by atoms with Crippen LogP contribution in [0.1, 0.15) is 55.4 Å². The number of aryl methyl sites for hydroxylation is 1. The first-order chi connectivity index (χ1) is 8.66. The van der Waals surface area contributed by atoms with E-state index in [-0.39, 0.29) is 5.91 Å². The molecule has 2 rings (SSSR count). The van der Waals surface area contributed by atoms with Gasteiger partial charge in [-0.15, -0.1) is 0 Å². The smallest absolute Gasteiger partial charge is 0.268 e. The van der Waals surface area contributed by atoms with Crippen LogP contribution in [0.25, 0.3) is 0 Å². The molecule has 0 saturated heterocycles. The molecule has 4 heteroatoms. The number of halogens is 1. The van der Waals surface area contributed by atoms with Gasteiger partial charge in [0.2, 0.25) is 0 Å². The number of carbonyl (C=O) groups excluding carboxylic acids is 1. The summed E-state index contributed by atoms with van der Waals surface area (Å²) in [5.41, 5.74) is 0.726. The van der Waals surface area contributed by atoms with E-state index in [1.807, 2.05) is 23.9 Å². The summed E-state index contributed by atoms with van der Waals surface area (Å²) in [6.45, 7) is 0. The van der Waals surface area contributed by atoms with E-state index >= 15 is 0 Å². The van der Waals surface area contributed by atoms with Gasteiger partial charge in [-0.25, -0.2) is 0 Å². The monoisotopic (exact) mass is 312 g/mol. The maximum atomic E-state index is 12.2. The summed E-state index contributed by atoms with van der Waals surface area (Å²) in [4.78, 5) is 12.2. The molecule has 0 aromatic carbocycles. The van der Waals surface area contributed by atoms with Gasteiger partial charge in [0.15, 0.2) is 0 Å². The van der Waals surface area contributed by atoms with Gasteiger partial charge in [0.05, 0.1) is 0 Å². The van der Waals surface area contributed by atoms with Crippen LogP contribution >= 0.6 is 15.9 Å². The van der Waals surface area contributed by atoms with Crippen molar-refractivity contribution in [2.24, 2.45) is 7.05 Å². The number of hydrogen-bond acceptors (Lipinski definition) is 1. The van der Waals surface area contributed by atoms with E-state index in [2.05, 4.69) is 21.2 Å². The quantitative estimate of drug-likeness (QED) is 0.889. The Morgan fingerprint density at radius 1 is 1.28 bits per heavy atom. The molecule has 1 saturated carbocycles. The fraction of sp³-hybridized carbons (Fsp3) is 0.643. The maximum Gasteiger partial charge on any atom is 0.268 e. The van der Waals surface area contributed by atoms with E-state index in [4.69, 9.17) is 0 Å². The Bertz CT molecular complexity index is 406. The summed E-state index contributed by atoms with van der Waals surface area (Å²) < 4.78 is 2.82. The van der Waals surface area contributed by atoms with E-state index < -0.39 is 0 Å². The largest absolute Gasteiger partial charge is 0.348 e. The van der Waals surface area contributed by atoms with Crippen molar-refractivity contribution >= 4 is 21.8 Å². The molecule has 18 heavy (non-hydrogen) atoms. The van der Waals surface area contributed by atoms with Crippen molar-refractivity contribution in [3.8, 4) is 0 Å². The van der Waals surface area contributed by atoms with E-state index in [1.165, 1.54) is 32.1 Å². The summed E-state index contributed by atoms with van der Waals surface area (Å²) in [5.74, 6) is 0.0498. The molecule has 1 aromatic heterocycles. The maximum absolute atomic E-state index is 12.2. The molecule has 0 spiro atoms. The van der Waals surface area contributed by atoms with E-state index in [9.17, 15) is 4.79 Å². The molecule has 1 aromatic rings. The van der Waals surface area contributed by atoms with Gasteiger partial charge in [0.25, 0.3) is 5.91 Å². The van der Waals surface area contributed by atoms with Crippen molar-refractivity contribution in [3.63, 3.8) is 0 Å². The van der Waals surface area contributed by atoms with Gasteiger partial charge in [-0.1, -0.05) is 32.1 Å². The summed E-state index contributed by atoms with van der Waals surface area (Å²) in [5, 5.41) is 3.18. The summed E-state index contributed by atoms with van der Waals surface area (Å²) in [6.07, 6.45) is 10.6. The van der Waals surface area contributed by atoms with Gasteiger partial charge in [-0.3, -0.25) is 4.79 Å². The van der Waals surface area contributed by atoms with Gasteiger partial charge < -0.3 is 9.88 Å². The highest BCUT2D eigenvalue weighted by molar-refractivity contribution is 9.10. The molecule has 0 radical (unpaired) electrons. The number of carbonyl (C=O) groups is 1. The highest BCUT2D eigenvalue weighted by Gasteiger charge is 2.17. The van der Waals surface area contributed by atoms with Crippen molar-refractivity contribution in [3.05, 3.63) is 22.4 Å². The molecule has 1 aliphatic rings.